The van der Waals surface area contributed by atoms with Gasteiger partial charge in [0.1, 0.15) is 6.04 Å². The van der Waals surface area contributed by atoms with Crippen LogP contribution in [0.25, 0.3) is 0 Å². The molecular weight excluding hydrogens is 182 g/mol. The molecule has 0 saturated carbocycles. The number of aliphatic carboxylic acids is 1. The van der Waals surface area contributed by atoms with Gasteiger partial charge < -0.3 is 15.2 Å². The molecule has 14 heavy (non-hydrogen) atoms. The molecule has 0 spiro atoms. The Balaban J connectivity index is 2.26. The average molecular weight is 201 g/mol. The normalized spacial score (nSPS) is 29.0. The van der Waals surface area contributed by atoms with E-state index in [4.69, 9.17) is 9.84 Å². The number of hydrogen-bond donors (Lipinski definition) is 2. The maximum Gasteiger partial charge on any atom is 0.320 e. The van der Waals surface area contributed by atoms with Gasteiger partial charge in [-0.1, -0.05) is 6.92 Å². The van der Waals surface area contributed by atoms with E-state index in [0.717, 1.165) is 26.0 Å². The van der Waals surface area contributed by atoms with E-state index in [1.807, 2.05) is 0 Å². The average Bonchev–Trinajstić information content (AvgIpc) is 2.60. The number of carboxylic acids is 1. The summed E-state index contributed by atoms with van der Waals surface area (Å²) < 4.78 is 5.52. The van der Waals surface area contributed by atoms with Crippen LogP contribution in [-0.4, -0.2) is 36.4 Å². The van der Waals surface area contributed by atoms with Gasteiger partial charge in [0.05, 0.1) is 6.10 Å². The van der Waals surface area contributed by atoms with Gasteiger partial charge in [0, 0.05) is 13.2 Å². The summed E-state index contributed by atoms with van der Waals surface area (Å²) in [6.45, 7) is 5.32. The lowest BCUT2D eigenvalue weighted by Crippen LogP contribution is -2.38. The highest BCUT2D eigenvalue weighted by Gasteiger charge is 2.27. The maximum absolute atomic E-state index is 10.6. The molecule has 0 aromatic heterocycles. The van der Waals surface area contributed by atoms with Gasteiger partial charge in [-0.15, -0.1) is 0 Å². The molecule has 3 atom stereocenters. The standard InChI is InChI=1S/C10H19NO3/c1-3-9-8(4-5-14-9)6-11-7(2)10(12)13/h7-9,11H,3-6H2,1-2H3,(H,12,13). The largest absolute Gasteiger partial charge is 0.480 e. The zero-order valence-electron chi connectivity index (χ0n) is 8.82. The van der Waals surface area contributed by atoms with Crippen molar-refractivity contribution in [1.82, 2.24) is 5.32 Å². The van der Waals surface area contributed by atoms with Crippen LogP contribution in [0.5, 0.6) is 0 Å². The number of nitrogens with one attached hydrogen (secondary N) is 1. The van der Waals surface area contributed by atoms with Crippen molar-refractivity contribution in [3.63, 3.8) is 0 Å². The summed E-state index contributed by atoms with van der Waals surface area (Å²) in [6.07, 6.45) is 2.36. The highest BCUT2D eigenvalue weighted by Crippen LogP contribution is 2.22. The quantitative estimate of drug-likeness (QED) is 0.692. The predicted molar refractivity (Wildman–Crippen MR) is 53.2 cm³/mol. The first-order valence-corrected chi connectivity index (χ1v) is 5.23. The first kappa shape index (κ1) is 11.5. The minimum absolute atomic E-state index is 0.309. The molecular formula is C10H19NO3. The molecule has 3 unspecified atom stereocenters. The van der Waals surface area contributed by atoms with Crippen LogP contribution < -0.4 is 5.32 Å². The molecule has 0 aliphatic carbocycles. The summed E-state index contributed by atoms with van der Waals surface area (Å²) in [5, 5.41) is 11.7. The summed E-state index contributed by atoms with van der Waals surface area (Å²) in [5.41, 5.74) is 0. The van der Waals surface area contributed by atoms with Crippen LogP contribution in [0.1, 0.15) is 26.7 Å². The van der Waals surface area contributed by atoms with E-state index >= 15 is 0 Å². The van der Waals surface area contributed by atoms with Crippen molar-refractivity contribution in [3.05, 3.63) is 0 Å². The molecule has 0 amide bonds. The number of rotatable bonds is 5. The SMILES string of the molecule is CCC1OCCC1CNC(C)C(=O)O. The molecule has 4 heteroatoms. The van der Waals surface area contributed by atoms with Crippen molar-refractivity contribution in [2.24, 2.45) is 5.92 Å². The third kappa shape index (κ3) is 2.96. The minimum atomic E-state index is -0.794. The topological polar surface area (TPSA) is 58.6 Å². The molecule has 1 aliphatic rings. The van der Waals surface area contributed by atoms with Gasteiger partial charge >= 0.3 is 5.97 Å². The zero-order valence-corrected chi connectivity index (χ0v) is 8.82. The van der Waals surface area contributed by atoms with Gasteiger partial charge in [-0.3, -0.25) is 4.79 Å². The monoisotopic (exact) mass is 201 g/mol. The van der Waals surface area contributed by atoms with E-state index < -0.39 is 12.0 Å². The van der Waals surface area contributed by atoms with Crippen LogP contribution in [0, 0.1) is 5.92 Å². The second kappa shape index (κ2) is 5.32. The molecule has 2 N–H and O–H groups in total. The van der Waals surface area contributed by atoms with Crippen LogP contribution in [0.15, 0.2) is 0 Å². The fourth-order valence-corrected chi connectivity index (χ4v) is 1.79. The van der Waals surface area contributed by atoms with Gasteiger partial charge in [0.25, 0.3) is 0 Å². The molecule has 0 radical (unpaired) electrons. The van der Waals surface area contributed by atoms with Crippen molar-refractivity contribution in [2.75, 3.05) is 13.2 Å². The summed E-state index contributed by atoms with van der Waals surface area (Å²) in [7, 11) is 0. The summed E-state index contributed by atoms with van der Waals surface area (Å²) in [6, 6.07) is -0.465. The maximum atomic E-state index is 10.6. The number of carbonyl (C=O) groups is 1. The Labute approximate surface area is 84.6 Å². The van der Waals surface area contributed by atoms with Crippen LogP contribution >= 0.6 is 0 Å². The molecule has 0 aromatic rings. The molecule has 4 nitrogen and oxygen atoms in total. The highest BCUT2D eigenvalue weighted by molar-refractivity contribution is 5.72. The lowest BCUT2D eigenvalue weighted by Gasteiger charge is -2.18. The van der Waals surface area contributed by atoms with E-state index in [2.05, 4.69) is 12.2 Å². The molecule has 1 heterocycles. The van der Waals surface area contributed by atoms with Crippen molar-refractivity contribution in [1.29, 1.82) is 0 Å². The molecule has 1 saturated heterocycles. The van der Waals surface area contributed by atoms with Crippen molar-refractivity contribution < 1.29 is 14.6 Å². The van der Waals surface area contributed by atoms with Crippen molar-refractivity contribution in [3.8, 4) is 0 Å². The van der Waals surface area contributed by atoms with Gasteiger partial charge in [-0.05, 0) is 25.7 Å². The number of hydrogen-bond acceptors (Lipinski definition) is 3. The van der Waals surface area contributed by atoms with Crippen LogP contribution in [0.4, 0.5) is 0 Å². The summed E-state index contributed by atoms with van der Waals surface area (Å²) in [4.78, 5) is 10.6. The van der Waals surface area contributed by atoms with E-state index in [9.17, 15) is 4.79 Å². The lowest BCUT2D eigenvalue weighted by atomic mass is 9.99. The number of ether oxygens (including phenoxy) is 1. The third-order valence-corrected chi connectivity index (χ3v) is 2.81. The second-order valence-corrected chi connectivity index (χ2v) is 3.83. The van der Waals surface area contributed by atoms with E-state index in [1.165, 1.54) is 0 Å². The Bertz CT molecular complexity index is 196. The van der Waals surface area contributed by atoms with Gasteiger partial charge in [-0.25, -0.2) is 0 Å². The van der Waals surface area contributed by atoms with Crippen molar-refractivity contribution in [2.45, 2.75) is 38.8 Å². The second-order valence-electron chi connectivity index (χ2n) is 3.83. The third-order valence-electron chi connectivity index (χ3n) is 2.81. The van der Waals surface area contributed by atoms with Crippen molar-refractivity contribution >= 4 is 5.97 Å². The van der Waals surface area contributed by atoms with E-state index in [0.29, 0.717) is 12.0 Å². The highest BCUT2D eigenvalue weighted by atomic mass is 16.5. The molecule has 1 rings (SSSR count). The predicted octanol–water partition coefficient (Wildman–Crippen LogP) is 0.864. The van der Waals surface area contributed by atoms with Crippen LogP contribution in [-0.2, 0) is 9.53 Å². The smallest absolute Gasteiger partial charge is 0.320 e. The first-order valence-electron chi connectivity index (χ1n) is 5.23. The fraction of sp³-hybridized carbons (Fsp3) is 0.900. The summed E-state index contributed by atoms with van der Waals surface area (Å²) >= 11 is 0. The minimum Gasteiger partial charge on any atom is -0.480 e. The van der Waals surface area contributed by atoms with Crippen LogP contribution in [0.3, 0.4) is 0 Å². The Morgan fingerprint density at radius 1 is 1.71 bits per heavy atom. The Kier molecular flexibility index (Phi) is 4.35. The first-order chi connectivity index (χ1) is 6.65. The fourth-order valence-electron chi connectivity index (χ4n) is 1.79. The van der Waals surface area contributed by atoms with Gasteiger partial charge in [0.15, 0.2) is 0 Å². The van der Waals surface area contributed by atoms with Gasteiger partial charge in [-0.2, -0.15) is 0 Å². The Hall–Kier alpha value is -0.610. The Morgan fingerprint density at radius 2 is 2.43 bits per heavy atom. The van der Waals surface area contributed by atoms with Gasteiger partial charge in [0.2, 0.25) is 0 Å². The zero-order chi connectivity index (χ0) is 10.6. The molecule has 1 fully saturated rings. The van der Waals surface area contributed by atoms with E-state index in [1.54, 1.807) is 6.92 Å². The van der Waals surface area contributed by atoms with E-state index in [-0.39, 0.29) is 0 Å². The molecule has 0 aromatic carbocycles. The summed E-state index contributed by atoms with van der Waals surface area (Å²) in [5.74, 6) is -0.321. The number of carboxylic acid groups (broad SMARTS) is 1. The molecule has 82 valence electrons. The molecule has 1 aliphatic heterocycles. The molecule has 0 bridgehead atoms. The lowest BCUT2D eigenvalue weighted by molar-refractivity contribution is -0.139. The Morgan fingerprint density at radius 3 is 3.00 bits per heavy atom. The van der Waals surface area contributed by atoms with Crippen LogP contribution in [0.2, 0.25) is 0 Å².